The normalized spacial score (nSPS) is 19.0. The van der Waals surface area contributed by atoms with Crippen LogP contribution in [0.5, 0.6) is 69.0 Å². The van der Waals surface area contributed by atoms with Crippen molar-refractivity contribution in [2.24, 2.45) is 0 Å². The topological polar surface area (TPSA) is 223 Å². The molecule has 0 aromatic heterocycles. The first-order chi connectivity index (χ1) is 40.5. The lowest BCUT2D eigenvalue weighted by molar-refractivity contribution is -0.132. The molecule has 0 aliphatic carbocycles. The molecule has 4 aliphatic heterocycles. The van der Waals surface area contributed by atoms with E-state index < -0.39 is 23.9 Å². The molecule has 4 heterocycles. The molecule has 16 nitrogen and oxygen atoms in total. The number of phenolic OH excluding ortho intramolecular Hbond substituents is 4. The average Bonchev–Trinajstić information content (AvgIpc) is 3.45. The highest BCUT2D eigenvalue weighted by Gasteiger charge is 2.39. The zero-order valence-electron chi connectivity index (χ0n) is 46.4. The third-order valence-corrected chi connectivity index (χ3v) is 15.6. The average molecular weight is 1130 g/mol. The summed E-state index contributed by atoms with van der Waals surface area (Å²) in [6.45, 7) is 6.89. The van der Waals surface area contributed by atoms with Gasteiger partial charge in [0.15, 0.2) is 0 Å². The first kappa shape index (κ1) is 55.9. The van der Waals surface area contributed by atoms with E-state index in [1.807, 2.05) is 66.7 Å². The number of rotatable bonds is 10. The third-order valence-electron chi connectivity index (χ3n) is 15.6. The molecule has 8 aromatic rings. The lowest BCUT2D eigenvalue weighted by Gasteiger charge is -2.36. The summed E-state index contributed by atoms with van der Waals surface area (Å²) >= 11 is 0. The molecule has 16 heteroatoms. The van der Waals surface area contributed by atoms with Crippen molar-refractivity contribution in [2.45, 2.75) is 76.0 Å². The number of carbonyl (C=O) groups is 4. The minimum Gasteiger partial charge on any atom is -0.508 e. The van der Waals surface area contributed by atoms with E-state index >= 15 is 0 Å². The van der Waals surface area contributed by atoms with E-state index in [9.17, 15) is 39.6 Å². The van der Waals surface area contributed by atoms with Gasteiger partial charge >= 0.3 is 23.9 Å². The van der Waals surface area contributed by atoms with Crippen LogP contribution in [0.2, 0.25) is 0 Å². The van der Waals surface area contributed by atoms with Crippen LogP contribution in [0, 0.1) is 0 Å². The fourth-order valence-corrected chi connectivity index (χ4v) is 11.8. The van der Waals surface area contributed by atoms with Crippen LogP contribution in [-0.2, 0) is 32.0 Å². The van der Waals surface area contributed by atoms with E-state index in [0.29, 0.717) is 72.2 Å². The molecule has 4 aliphatic rings. The number of phenols is 4. The molecule has 0 amide bonds. The predicted octanol–water partition coefficient (Wildman–Crippen LogP) is 12.0. The van der Waals surface area contributed by atoms with Gasteiger partial charge < -0.3 is 58.3 Å². The van der Waals surface area contributed by atoms with E-state index in [4.69, 9.17) is 37.9 Å². The first-order valence-corrected chi connectivity index (χ1v) is 27.5. The second-order valence-electron chi connectivity index (χ2n) is 21.3. The van der Waals surface area contributed by atoms with Crippen molar-refractivity contribution >= 4 is 23.9 Å². The number of ether oxygens (including phenoxy) is 8. The van der Waals surface area contributed by atoms with Gasteiger partial charge in [-0.05, 0) is 107 Å². The summed E-state index contributed by atoms with van der Waals surface area (Å²) in [5.41, 5.74) is 9.21. The van der Waals surface area contributed by atoms with E-state index in [1.54, 1.807) is 78.9 Å². The van der Waals surface area contributed by atoms with Gasteiger partial charge in [0.25, 0.3) is 0 Å². The smallest absolute Gasteiger partial charge is 0.308 e. The summed E-state index contributed by atoms with van der Waals surface area (Å²) < 4.78 is 46.0. The summed E-state index contributed by atoms with van der Waals surface area (Å²) in [6.07, 6.45) is 1.44. The van der Waals surface area contributed by atoms with Crippen LogP contribution in [0.3, 0.4) is 0 Å². The largest absolute Gasteiger partial charge is 0.508 e. The SMILES string of the molecule is CC(=O)Oc1ccc(C2COc3cc(OC(C)=O)ccc3C2c2cc(C3COc4cc(OC(C)=O)ccc4C3)ccc2OC(C)=O)cc1.Oc1ccc(C2COc3cc(O)ccc3C2c2cc(C3COc4cc(O)ccc4C3)ccc2O)cc1. The molecule has 0 bridgehead atoms. The summed E-state index contributed by atoms with van der Waals surface area (Å²) in [5, 5.41) is 40.7. The molecule has 6 unspecified atom stereocenters. The Morgan fingerprint density at radius 2 is 0.774 bits per heavy atom. The van der Waals surface area contributed by atoms with Crippen LogP contribution in [0.25, 0.3) is 0 Å². The van der Waals surface area contributed by atoms with Gasteiger partial charge in [-0.15, -0.1) is 0 Å². The van der Waals surface area contributed by atoms with E-state index in [0.717, 1.165) is 62.1 Å². The van der Waals surface area contributed by atoms with Crippen LogP contribution >= 0.6 is 0 Å². The van der Waals surface area contributed by atoms with Crippen molar-refractivity contribution in [3.05, 3.63) is 213 Å². The Kier molecular flexibility index (Phi) is 15.9. The second kappa shape index (κ2) is 23.9. The van der Waals surface area contributed by atoms with Gasteiger partial charge in [-0.3, -0.25) is 19.2 Å². The molecule has 6 atom stereocenters. The maximum absolute atomic E-state index is 12.3. The number of hydrogen-bond acceptors (Lipinski definition) is 16. The molecule has 0 spiro atoms. The predicted molar refractivity (Wildman–Crippen MR) is 307 cm³/mol. The summed E-state index contributed by atoms with van der Waals surface area (Å²) in [5.74, 6) is 2.23. The van der Waals surface area contributed by atoms with Crippen LogP contribution in [0.4, 0.5) is 0 Å². The lowest BCUT2D eigenvalue weighted by Crippen LogP contribution is -2.26. The quantitative estimate of drug-likeness (QED) is 0.0738. The Morgan fingerprint density at radius 3 is 1.37 bits per heavy atom. The molecule has 0 fully saturated rings. The van der Waals surface area contributed by atoms with Crippen molar-refractivity contribution in [1.82, 2.24) is 0 Å². The highest BCUT2D eigenvalue weighted by molar-refractivity contribution is 5.72. The third kappa shape index (κ3) is 12.3. The van der Waals surface area contributed by atoms with Gasteiger partial charge in [-0.25, -0.2) is 0 Å². The zero-order valence-corrected chi connectivity index (χ0v) is 46.4. The molecule has 84 heavy (non-hydrogen) atoms. The van der Waals surface area contributed by atoms with E-state index in [2.05, 4.69) is 12.1 Å². The van der Waals surface area contributed by atoms with Crippen LogP contribution in [-0.4, -0.2) is 70.7 Å². The molecule has 8 aromatic carbocycles. The molecular weight excluding hydrogens is 1070 g/mol. The Balaban J connectivity index is 0.000000182. The number of benzene rings is 8. The Bertz CT molecular complexity index is 3810. The van der Waals surface area contributed by atoms with Gasteiger partial charge in [0.1, 0.15) is 69.0 Å². The number of esters is 4. The van der Waals surface area contributed by atoms with Gasteiger partial charge in [-0.2, -0.15) is 0 Å². The van der Waals surface area contributed by atoms with Crippen molar-refractivity contribution in [3.8, 4) is 69.0 Å². The minimum atomic E-state index is -0.456. The van der Waals surface area contributed by atoms with Crippen molar-refractivity contribution in [1.29, 1.82) is 0 Å². The number of fused-ring (bicyclic) bond motifs is 4. The molecule has 0 saturated carbocycles. The Labute approximate surface area is 484 Å². The zero-order chi connectivity index (χ0) is 58.8. The van der Waals surface area contributed by atoms with Crippen LogP contribution in [0.1, 0.15) is 119 Å². The number of aromatic hydroxyl groups is 4. The van der Waals surface area contributed by atoms with Gasteiger partial charge in [0, 0.05) is 110 Å². The summed E-state index contributed by atoms with van der Waals surface area (Å²) in [6, 6.07) is 46.8. The van der Waals surface area contributed by atoms with Crippen LogP contribution < -0.4 is 37.9 Å². The fraction of sp³-hybridized carbons (Fsp3) is 0.235. The summed E-state index contributed by atoms with van der Waals surface area (Å²) in [7, 11) is 0. The minimum absolute atomic E-state index is 0.0191. The van der Waals surface area contributed by atoms with Crippen molar-refractivity contribution in [2.75, 3.05) is 26.4 Å². The maximum atomic E-state index is 12.3. The van der Waals surface area contributed by atoms with Crippen molar-refractivity contribution < 1.29 is 77.5 Å². The Hall–Kier alpha value is -9.96. The standard InChI is InChI=1S/C38H34O10.C30H26O6/c1-21(39)45-29-9-5-25(6-10-29)34-20-44-37-18-31(47-23(3)41)12-13-32(37)38(34)33-16-26(8-14-35(33)48-24(4)42)28-15-27-7-11-30(46-22(2)40)17-36(27)43-19-28;31-21-5-1-17(2-6-21)26-16-36-29-14-23(33)8-9-24(29)30(26)25-12-18(4-10-27(25)34)20-11-19-3-7-22(32)13-28(19)35-15-20/h5-14,16-18,28,34,38H,15,19-20H2,1-4H3;1-10,12-14,20,26,30-34H,11,15-16H2. The molecule has 0 radical (unpaired) electrons. The van der Waals surface area contributed by atoms with E-state index in [1.165, 1.54) is 27.7 Å². The van der Waals surface area contributed by atoms with Gasteiger partial charge in [0.2, 0.25) is 0 Å². The molecule has 4 N–H and O–H groups in total. The lowest BCUT2D eigenvalue weighted by atomic mass is 9.74. The maximum Gasteiger partial charge on any atom is 0.308 e. The van der Waals surface area contributed by atoms with Gasteiger partial charge in [0.05, 0.1) is 26.4 Å². The first-order valence-electron chi connectivity index (χ1n) is 27.5. The van der Waals surface area contributed by atoms with E-state index in [-0.39, 0.29) is 65.1 Å². The Morgan fingerprint density at radius 1 is 0.369 bits per heavy atom. The van der Waals surface area contributed by atoms with Crippen LogP contribution in [0.15, 0.2) is 158 Å². The van der Waals surface area contributed by atoms with Crippen molar-refractivity contribution in [3.63, 3.8) is 0 Å². The summed E-state index contributed by atoms with van der Waals surface area (Å²) in [4.78, 5) is 47.0. The molecule has 12 rings (SSSR count). The monoisotopic (exact) mass is 1130 g/mol. The van der Waals surface area contributed by atoms with Gasteiger partial charge in [-0.1, -0.05) is 72.8 Å². The second-order valence-corrected chi connectivity index (χ2v) is 21.3. The number of hydrogen-bond donors (Lipinski definition) is 4. The molecule has 0 saturated heterocycles. The number of carbonyl (C=O) groups excluding carboxylic acids is 4. The molecular formula is C68H60O16. The highest BCUT2D eigenvalue weighted by atomic mass is 16.6. The highest BCUT2D eigenvalue weighted by Crippen LogP contribution is 2.52. The molecule has 428 valence electrons. The fourth-order valence-electron chi connectivity index (χ4n) is 11.8.